The first kappa shape index (κ1) is 14.1. The summed E-state index contributed by atoms with van der Waals surface area (Å²) in [6, 6.07) is 9.63. The number of hydrogen-bond acceptors (Lipinski definition) is 2. The first-order chi connectivity index (χ1) is 9.27. The fourth-order valence-corrected chi connectivity index (χ4v) is 2.85. The molecule has 2 atom stereocenters. The van der Waals surface area contributed by atoms with E-state index in [-0.39, 0.29) is 24.5 Å². The number of carbonyl (C=O) groups excluding carboxylic acids is 1. The molecule has 0 saturated carbocycles. The molecule has 1 N–H and O–H groups in total. The minimum atomic E-state index is -0.180. The summed E-state index contributed by atoms with van der Waals surface area (Å²) in [6.45, 7) is 2.92. The molecule has 0 aromatic heterocycles. The van der Waals surface area contributed by atoms with E-state index in [9.17, 15) is 9.90 Å². The van der Waals surface area contributed by atoms with Gasteiger partial charge in [0.15, 0.2) is 0 Å². The van der Waals surface area contributed by atoms with Gasteiger partial charge in [-0.15, -0.1) is 0 Å². The van der Waals surface area contributed by atoms with Crippen molar-refractivity contribution in [3.8, 4) is 0 Å². The van der Waals surface area contributed by atoms with Crippen LogP contribution in [0, 0.1) is 5.92 Å². The second-order valence-corrected chi connectivity index (χ2v) is 5.27. The fraction of sp³-hybridized carbons (Fsp3) is 0.562. The summed E-state index contributed by atoms with van der Waals surface area (Å²) >= 11 is 0. The quantitative estimate of drug-likeness (QED) is 0.855. The second-order valence-electron chi connectivity index (χ2n) is 5.27. The molecule has 1 fully saturated rings. The lowest BCUT2D eigenvalue weighted by molar-refractivity contribution is -0.134. The maximum atomic E-state index is 12.4. The number of aliphatic hydroxyl groups is 1. The van der Waals surface area contributed by atoms with Gasteiger partial charge in [-0.3, -0.25) is 4.79 Å². The predicted octanol–water partition coefficient (Wildman–Crippen LogP) is 2.76. The Balaban J connectivity index is 2.07. The van der Waals surface area contributed by atoms with Crippen molar-refractivity contribution in [2.45, 2.75) is 38.6 Å². The molecule has 104 valence electrons. The highest BCUT2D eigenvalue weighted by molar-refractivity contribution is 5.81. The minimum Gasteiger partial charge on any atom is -0.394 e. The molecule has 1 saturated heterocycles. The van der Waals surface area contributed by atoms with Gasteiger partial charge in [0.05, 0.1) is 12.6 Å². The molecule has 1 aliphatic rings. The zero-order valence-electron chi connectivity index (χ0n) is 11.6. The number of unbranched alkanes of at least 4 members (excludes halogenated alkanes) is 1. The van der Waals surface area contributed by atoms with Crippen LogP contribution in [0.1, 0.15) is 44.2 Å². The molecular formula is C16H23NO2. The second kappa shape index (κ2) is 6.71. The van der Waals surface area contributed by atoms with Crippen molar-refractivity contribution in [1.29, 1.82) is 0 Å². The van der Waals surface area contributed by atoms with Crippen molar-refractivity contribution in [3.63, 3.8) is 0 Å². The first-order valence-electron chi connectivity index (χ1n) is 7.24. The van der Waals surface area contributed by atoms with Crippen molar-refractivity contribution in [2.75, 3.05) is 13.2 Å². The van der Waals surface area contributed by atoms with Gasteiger partial charge in [0.25, 0.3) is 0 Å². The van der Waals surface area contributed by atoms with Crippen LogP contribution in [0.5, 0.6) is 0 Å². The highest BCUT2D eigenvalue weighted by atomic mass is 16.3. The molecule has 0 bridgehead atoms. The van der Waals surface area contributed by atoms with Crippen LogP contribution >= 0.6 is 0 Å². The van der Waals surface area contributed by atoms with E-state index in [1.54, 1.807) is 0 Å². The number of nitrogens with zero attached hydrogens (tertiary/aromatic N) is 1. The highest BCUT2D eigenvalue weighted by Gasteiger charge is 2.35. The SMILES string of the molecule is CCCC[C@H]1CCN([C@@H](CO)c2ccccc2)C1=O. The monoisotopic (exact) mass is 261 g/mol. The van der Waals surface area contributed by atoms with Crippen LogP contribution in [0.2, 0.25) is 0 Å². The number of hydrogen-bond donors (Lipinski definition) is 1. The van der Waals surface area contributed by atoms with Crippen molar-refractivity contribution in [2.24, 2.45) is 5.92 Å². The Morgan fingerprint density at radius 3 is 2.74 bits per heavy atom. The molecule has 1 aromatic rings. The van der Waals surface area contributed by atoms with Crippen LogP contribution in [0.25, 0.3) is 0 Å². The number of benzene rings is 1. The van der Waals surface area contributed by atoms with E-state index >= 15 is 0 Å². The third kappa shape index (κ3) is 3.16. The third-order valence-corrected chi connectivity index (χ3v) is 3.99. The van der Waals surface area contributed by atoms with Gasteiger partial charge in [0.1, 0.15) is 0 Å². The van der Waals surface area contributed by atoms with Gasteiger partial charge >= 0.3 is 0 Å². The zero-order chi connectivity index (χ0) is 13.7. The van der Waals surface area contributed by atoms with Crippen molar-refractivity contribution in [1.82, 2.24) is 4.90 Å². The summed E-state index contributed by atoms with van der Waals surface area (Å²) in [5.74, 6) is 0.383. The van der Waals surface area contributed by atoms with Gasteiger partial charge in [-0.05, 0) is 18.4 Å². The normalized spacial score (nSPS) is 20.8. The smallest absolute Gasteiger partial charge is 0.226 e. The van der Waals surface area contributed by atoms with E-state index in [1.807, 2.05) is 35.2 Å². The van der Waals surface area contributed by atoms with E-state index in [1.165, 1.54) is 0 Å². The number of rotatable bonds is 6. The Kier molecular flexibility index (Phi) is 4.97. The number of amides is 1. The van der Waals surface area contributed by atoms with Crippen LogP contribution in [0.4, 0.5) is 0 Å². The van der Waals surface area contributed by atoms with Gasteiger partial charge in [0, 0.05) is 12.5 Å². The van der Waals surface area contributed by atoms with E-state index < -0.39 is 0 Å². The molecule has 0 unspecified atom stereocenters. The average Bonchev–Trinajstić information content (AvgIpc) is 2.80. The van der Waals surface area contributed by atoms with Crippen LogP contribution in [0.15, 0.2) is 30.3 Å². The number of aliphatic hydroxyl groups excluding tert-OH is 1. The molecule has 0 radical (unpaired) electrons. The maximum Gasteiger partial charge on any atom is 0.226 e. The Hall–Kier alpha value is -1.35. The van der Waals surface area contributed by atoms with Gasteiger partial charge in [0.2, 0.25) is 5.91 Å². The molecular weight excluding hydrogens is 238 g/mol. The summed E-state index contributed by atoms with van der Waals surface area (Å²) in [5, 5.41) is 9.63. The predicted molar refractivity (Wildman–Crippen MR) is 75.6 cm³/mol. The first-order valence-corrected chi connectivity index (χ1v) is 7.24. The minimum absolute atomic E-state index is 0.00372. The van der Waals surface area contributed by atoms with E-state index in [2.05, 4.69) is 6.92 Å². The molecule has 1 aliphatic heterocycles. The Bertz CT molecular complexity index is 404. The van der Waals surface area contributed by atoms with E-state index in [0.29, 0.717) is 0 Å². The molecule has 0 spiro atoms. The van der Waals surface area contributed by atoms with Crippen LogP contribution in [0.3, 0.4) is 0 Å². The molecule has 19 heavy (non-hydrogen) atoms. The Morgan fingerprint density at radius 1 is 1.37 bits per heavy atom. The van der Waals surface area contributed by atoms with Gasteiger partial charge in [-0.25, -0.2) is 0 Å². The third-order valence-electron chi connectivity index (χ3n) is 3.99. The molecule has 2 rings (SSSR count). The van der Waals surface area contributed by atoms with E-state index in [0.717, 1.165) is 37.8 Å². The Morgan fingerprint density at radius 2 is 2.11 bits per heavy atom. The Labute approximate surface area is 115 Å². The summed E-state index contributed by atoms with van der Waals surface area (Å²) in [5.41, 5.74) is 1.02. The van der Waals surface area contributed by atoms with Gasteiger partial charge < -0.3 is 10.0 Å². The molecule has 3 heteroatoms. The molecule has 1 amide bonds. The van der Waals surface area contributed by atoms with Crippen molar-refractivity contribution < 1.29 is 9.90 Å². The lowest BCUT2D eigenvalue weighted by Crippen LogP contribution is -2.33. The summed E-state index contributed by atoms with van der Waals surface area (Å²) in [6.07, 6.45) is 4.16. The standard InChI is InChI=1S/C16H23NO2/c1-2-3-7-14-10-11-17(16(14)19)15(12-18)13-8-5-4-6-9-13/h4-6,8-9,14-15,18H,2-3,7,10-12H2,1H3/t14-,15-/m0/s1. The number of carbonyl (C=O) groups is 1. The van der Waals surface area contributed by atoms with Crippen molar-refractivity contribution >= 4 is 5.91 Å². The average molecular weight is 261 g/mol. The number of likely N-dealkylation sites (tertiary alicyclic amines) is 1. The topological polar surface area (TPSA) is 40.5 Å². The van der Waals surface area contributed by atoms with E-state index in [4.69, 9.17) is 0 Å². The fourth-order valence-electron chi connectivity index (χ4n) is 2.85. The largest absolute Gasteiger partial charge is 0.394 e. The zero-order valence-corrected chi connectivity index (χ0v) is 11.6. The maximum absolute atomic E-state index is 12.4. The lowest BCUT2D eigenvalue weighted by atomic mass is 10.0. The molecule has 1 aromatic carbocycles. The summed E-state index contributed by atoms with van der Waals surface area (Å²) < 4.78 is 0. The van der Waals surface area contributed by atoms with Crippen molar-refractivity contribution in [3.05, 3.63) is 35.9 Å². The molecule has 3 nitrogen and oxygen atoms in total. The molecule has 1 heterocycles. The highest BCUT2D eigenvalue weighted by Crippen LogP contribution is 2.30. The lowest BCUT2D eigenvalue weighted by Gasteiger charge is -2.27. The molecule has 0 aliphatic carbocycles. The van der Waals surface area contributed by atoms with Crippen LogP contribution < -0.4 is 0 Å². The van der Waals surface area contributed by atoms with Gasteiger partial charge in [-0.1, -0.05) is 50.1 Å². The van der Waals surface area contributed by atoms with Gasteiger partial charge in [-0.2, -0.15) is 0 Å². The van der Waals surface area contributed by atoms with Crippen LogP contribution in [-0.2, 0) is 4.79 Å². The van der Waals surface area contributed by atoms with Crippen LogP contribution in [-0.4, -0.2) is 29.1 Å². The summed E-state index contributed by atoms with van der Waals surface area (Å²) in [4.78, 5) is 14.3. The summed E-state index contributed by atoms with van der Waals surface area (Å²) in [7, 11) is 0.